The van der Waals surface area contributed by atoms with Gasteiger partial charge in [-0.3, -0.25) is 0 Å². The Hall–Kier alpha value is -2.35. The molecule has 0 aliphatic rings. The Morgan fingerprint density at radius 3 is 2.47 bits per heavy atom. The zero-order valence-corrected chi connectivity index (χ0v) is 10.9. The number of esters is 1. The van der Waals surface area contributed by atoms with Gasteiger partial charge in [0, 0.05) is 6.08 Å². The van der Waals surface area contributed by atoms with Crippen molar-refractivity contribution in [2.75, 3.05) is 0 Å². The van der Waals surface area contributed by atoms with Gasteiger partial charge in [-0.15, -0.1) is 0 Å². The van der Waals surface area contributed by atoms with Crippen molar-refractivity contribution in [2.45, 2.75) is 13.3 Å². The first kappa shape index (κ1) is 13.1. The number of carbonyl (C=O) groups is 1. The summed E-state index contributed by atoms with van der Waals surface area (Å²) in [6, 6.07) is 17.2. The first-order valence-electron chi connectivity index (χ1n) is 6.32. The third kappa shape index (κ3) is 3.81. The van der Waals surface area contributed by atoms with Crippen LogP contribution in [0.3, 0.4) is 0 Å². The maximum atomic E-state index is 11.7. The topological polar surface area (TPSA) is 26.3 Å². The fourth-order valence-corrected chi connectivity index (χ4v) is 1.77. The van der Waals surface area contributed by atoms with Gasteiger partial charge in [0.15, 0.2) is 0 Å². The number of hydrogen-bond donors (Lipinski definition) is 0. The van der Waals surface area contributed by atoms with Gasteiger partial charge in [0.1, 0.15) is 5.75 Å². The standard InChI is InChI=1S/C17H16O2/c1-2-15-10-6-7-11-16(15)19-17(18)13-12-14-8-4-3-5-9-14/h3-13H,2H2,1H3/b13-12+. The summed E-state index contributed by atoms with van der Waals surface area (Å²) < 4.78 is 5.33. The van der Waals surface area contributed by atoms with Crippen molar-refractivity contribution in [2.24, 2.45) is 0 Å². The largest absolute Gasteiger partial charge is 0.423 e. The first-order valence-corrected chi connectivity index (χ1v) is 6.32. The van der Waals surface area contributed by atoms with E-state index >= 15 is 0 Å². The van der Waals surface area contributed by atoms with Crippen LogP contribution in [0, 0.1) is 0 Å². The monoisotopic (exact) mass is 252 g/mol. The van der Waals surface area contributed by atoms with Crippen LogP contribution >= 0.6 is 0 Å². The van der Waals surface area contributed by atoms with Gasteiger partial charge in [-0.05, 0) is 29.7 Å². The number of para-hydroxylation sites is 1. The molecule has 0 spiro atoms. The molecule has 0 amide bonds. The lowest BCUT2D eigenvalue weighted by molar-refractivity contribution is -0.128. The molecule has 19 heavy (non-hydrogen) atoms. The van der Waals surface area contributed by atoms with Crippen LogP contribution in [0.25, 0.3) is 6.08 Å². The van der Waals surface area contributed by atoms with Gasteiger partial charge in [-0.1, -0.05) is 55.5 Å². The Labute approximate surface area is 113 Å². The van der Waals surface area contributed by atoms with Crippen molar-refractivity contribution >= 4 is 12.0 Å². The zero-order chi connectivity index (χ0) is 13.5. The van der Waals surface area contributed by atoms with E-state index in [0.717, 1.165) is 17.5 Å². The minimum atomic E-state index is -0.357. The van der Waals surface area contributed by atoms with Gasteiger partial charge in [-0.25, -0.2) is 4.79 Å². The van der Waals surface area contributed by atoms with Crippen molar-refractivity contribution in [3.63, 3.8) is 0 Å². The van der Waals surface area contributed by atoms with Crippen molar-refractivity contribution in [3.05, 3.63) is 71.8 Å². The summed E-state index contributed by atoms with van der Waals surface area (Å²) >= 11 is 0. The third-order valence-electron chi connectivity index (χ3n) is 2.78. The van der Waals surface area contributed by atoms with E-state index in [0.29, 0.717) is 5.75 Å². The molecular weight excluding hydrogens is 236 g/mol. The van der Waals surface area contributed by atoms with Crippen LogP contribution in [-0.4, -0.2) is 5.97 Å². The molecule has 0 aliphatic heterocycles. The Morgan fingerprint density at radius 2 is 1.74 bits per heavy atom. The summed E-state index contributed by atoms with van der Waals surface area (Å²) in [5.41, 5.74) is 2.01. The molecule has 0 bridgehead atoms. The predicted molar refractivity (Wildman–Crippen MR) is 76.9 cm³/mol. The van der Waals surface area contributed by atoms with Crippen LogP contribution in [0.4, 0.5) is 0 Å². The van der Waals surface area contributed by atoms with E-state index in [4.69, 9.17) is 4.74 Å². The van der Waals surface area contributed by atoms with E-state index < -0.39 is 0 Å². The molecule has 0 N–H and O–H groups in total. The molecule has 0 saturated carbocycles. The fourth-order valence-electron chi connectivity index (χ4n) is 1.77. The van der Waals surface area contributed by atoms with Crippen LogP contribution < -0.4 is 4.74 Å². The number of hydrogen-bond acceptors (Lipinski definition) is 2. The van der Waals surface area contributed by atoms with E-state index in [-0.39, 0.29) is 5.97 Å². The van der Waals surface area contributed by atoms with Gasteiger partial charge in [-0.2, -0.15) is 0 Å². The molecule has 0 saturated heterocycles. The maximum Gasteiger partial charge on any atom is 0.336 e. The van der Waals surface area contributed by atoms with E-state index in [2.05, 4.69) is 0 Å². The van der Waals surface area contributed by atoms with Gasteiger partial charge >= 0.3 is 5.97 Å². The molecule has 0 aliphatic carbocycles. The number of ether oxygens (including phenoxy) is 1. The summed E-state index contributed by atoms with van der Waals surface area (Å²) in [5, 5.41) is 0. The van der Waals surface area contributed by atoms with Crippen LogP contribution in [-0.2, 0) is 11.2 Å². The average molecular weight is 252 g/mol. The zero-order valence-electron chi connectivity index (χ0n) is 10.9. The van der Waals surface area contributed by atoms with Crippen molar-refractivity contribution in [1.82, 2.24) is 0 Å². The molecule has 2 aromatic rings. The van der Waals surface area contributed by atoms with Crippen molar-refractivity contribution in [1.29, 1.82) is 0 Å². The quantitative estimate of drug-likeness (QED) is 0.469. The first-order chi connectivity index (χ1) is 9.29. The highest BCUT2D eigenvalue weighted by Crippen LogP contribution is 2.18. The highest BCUT2D eigenvalue weighted by molar-refractivity contribution is 5.88. The number of benzene rings is 2. The summed E-state index contributed by atoms with van der Waals surface area (Å²) in [5.74, 6) is 0.275. The second-order valence-electron chi connectivity index (χ2n) is 4.13. The highest BCUT2D eigenvalue weighted by Gasteiger charge is 2.04. The molecule has 2 nitrogen and oxygen atoms in total. The molecule has 0 heterocycles. The minimum absolute atomic E-state index is 0.357. The maximum absolute atomic E-state index is 11.7. The molecule has 2 rings (SSSR count). The fraction of sp³-hybridized carbons (Fsp3) is 0.118. The lowest BCUT2D eigenvalue weighted by atomic mass is 10.1. The Morgan fingerprint density at radius 1 is 1.05 bits per heavy atom. The van der Waals surface area contributed by atoms with E-state index in [1.807, 2.05) is 61.5 Å². The lowest BCUT2D eigenvalue weighted by Crippen LogP contribution is -2.05. The number of rotatable bonds is 4. The van der Waals surface area contributed by atoms with Gasteiger partial charge in [0.05, 0.1) is 0 Å². The van der Waals surface area contributed by atoms with Gasteiger partial charge < -0.3 is 4.74 Å². The smallest absolute Gasteiger partial charge is 0.336 e. The molecule has 0 atom stereocenters. The predicted octanol–water partition coefficient (Wildman–Crippen LogP) is 3.87. The molecule has 0 unspecified atom stereocenters. The molecule has 2 heteroatoms. The molecule has 0 aromatic heterocycles. The average Bonchev–Trinajstić information content (AvgIpc) is 2.47. The lowest BCUT2D eigenvalue weighted by Gasteiger charge is -2.06. The van der Waals surface area contributed by atoms with Gasteiger partial charge in [0.25, 0.3) is 0 Å². The molecule has 2 aromatic carbocycles. The molecular formula is C17H16O2. The Bertz CT molecular complexity index is 571. The van der Waals surface area contributed by atoms with Gasteiger partial charge in [0.2, 0.25) is 0 Å². The molecule has 0 fully saturated rings. The highest BCUT2D eigenvalue weighted by atomic mass is 16.5. The van der Waals surface area contributed by atoms with Crippen LogP contribution in [0.1, 0.15) is 18.1 Å². The Balaban J connectivity index is 2.04. The number of carbonyl (C=O) groups excluding carboxylic acids is 1. The van der Waals surface area contributed by atoms with E-state index in [1.54, 1.807) is 6.08 Å². The number of aryl methyl sites for hydroxylation is 1. The Kier molecular flexibility index (Phi) is 4.51. The second kappa shape index (κ2) is 6.55. The summed E-state index contributed by atoms with van der Waals surface area (Å²) in [6.45, 7) is 2.03. The van der Waals surface area contributed by atoms with Crippen molar-refractivity contribution in [3.8, 4) is 5.75 Å². The van der Waals surface area contributed by atoms with E-state index in [1.165, 1.54) is 6.08 Å². The minimum Gasteiger partial charge on any atom is -0.423 e. The second-order valence-corrected chi connectivity index (χ2v) is 4.13. The SMILES string of the molecule is CCc1ccccc1OC(=O)/C=C/c1ccccc1. The molecule has 0 radical (unpaired) electrons. The van der Waals surface area contributed by atoms with E-state index in [9.17, 15) is 4.79 Å². The third-order valence-corrected chi connectivity index (χ3v) is 2.78. The van der Waals surface area contributed by atoms with Crippen LogP contribution in [0.5, 0.6) is 5.75 Å². The normalized spacial score (nSPS) is 10.6. The summed E-state index contributed by atoms with van der Waals surface area (Å²) in [6.07, 6.45) is 4.03. The van der Waals surface area contributed by atoms with Crippen LogP contribution in [0.2, 0.25) is 0 Å². The van der Waals surface area contributed by atoms with Crippen LogP contribution in [0.15, 0.2) is 60.7 Å². The summed E-state index contributed by atoms with van der Waals surface area (Å²) in [7, 11) is 0. The summed E-state index contributed by atoms with van der Waals surface area (Å²) in [4.78, 5) is 11.7. The van der Waals surface area contributed by atoms with Crippen molar-refractivity contribution < 1.29 is 9.53 Å². The molecule has 96 valence electrons.